The van der Waals surface area contributed by atoms with Gasteiger partial charge in [-0.25, -0.2) is 4.39 Å². The number of benzene rings is 1. The van der Waals surface area contributed by atoms with E-state index < -0.39 is 46.6 Å². The van der Waals surface area contributed by atoms with Gasteiger partial charge in [0.05, 0.1) is 17.3 Å². The topological polar surface area (TPSA) is 36.3 Å². The Kier molecular flexibility index (Phi) is 5.65. The van der Waals surface area contributed by atoms with E-state index in [0.717, 1.165) is 12.1 Å². The van der Waals surface area contributed by atoms with Crippen molar-refractivity contribution in [2.75, 3.05) is 18.0 Å². The zero-order valence-electron chi connectivity index (χ0n) is 13.1. The number of rotatable bonds is 3. The van der Waals surface area contributed by atoms with Crippen LogP contribution in [0.25, 0.3) is 0 Å². The highest BCUT2D eigenvalue weighted by Crippen LogP contribution is 2.39. The normalized spacial score (nSPS) is 18.3. The lowest BCUT2D eigenvalue weighted by molar-refractivity contribution is -0.140. The molecule has 0 saturated carbocycles. The maximum atomic E-state index is 14.4. The van der Waals surface area contributed by atoms with Crippen LogP contribution < -0.4 is 4.90 Å². The van der Waals surface area contributed by atoms with E-state index in [4.69, 9.17) is 5.26 Å². The molecule has 0 spiro atoms. The fraction of sp³-hybridized carbons (Fsp3) is 0.400. The molecular weight excluding hydrogens is 389 g/mol. The van der Waals surface area contributed by atoms with Crippen molar-refractivity contribution in [3.05, 3.63) is 40.9 Å². The van der Waals surface area contributed by atoms with E-state index in [9.17, 15) is 30.7 Å². The summed E-state index contributed by atoms with van der Waals surface area (Å²) in [7, 11) is 0. The summed E-state index contributed by atoms with van der Waals surface area (Å²) in [6.07, 6.45) is -3.81. The third kappa shape index (κ3) is 4.55. The van der Waals surface area contributed by atoms with Crippen molar-refractivity contribution in [3.63, 3.8) is 0 Å². The molecule has 1 aromatic rings. The van der Waals surface area contributed by atoms with Crippen molar-refractivity contribution in [2.24, 2.45) is 5.92 Å². The summed E-state index contributed by atoms with van der Waals surface area (Å²) in [5.74, 6) is -2.19. The lowest BCUT2D eigenvalue weighted by Crippen LogP contribution is -2.35. The molecule has 26 heavy (non-hydrogen) atoms. The molecule has 142 valence electrons. The number of nitriles is 1. The van der Waals surface area contributed by atoms with Crippen LogP contribution >= 0.6 is 12.0 Å². The van der Waals surface area contributed by atoms with E-state index in [1.165, 1.54) is 24.0 Å². The third-order valence-electron chi connectivity index (χ3n) is 3.59. The van der Waals surface area contributed by atoms with Gasteiger partial charge in [0.1, 0.15) is 11.3 Å². The largest absolute Gasteiger partial charge is 0.479 e. The Morgan fingerprint density at radius 2 is 1.88 bits per heavy atom. The molecule has 0 saturated heterocycles. The second-order valence-electron chi connectivity index (χ2n) is 5.46. The molecule has 1 unspecified atom stereocenters. The van der Waals surface area contributed by atoms with Gasteiger partial charge >= 0.3 is 11.7 Å². The van der Waals surface area contributed by atoms with Crippen LogP contribution in [0.5, 0.6) is 0 Å². The maximum Gasteiger partial charge on any atom is 0.479 e. The molecule has 11 heteroatoms. The van der Waals surface area contributed by atoms with Crippen LogP contribution in [0.3, 0.4) is 0 Å². The Balaban J connectivity index is 2.29. The number of nitrogens with zero attached hydrogens (tertiary/aromatic N) is 2. The minimum atomic E-state index is -5.06. The molecule has 1 aliphatic rings. The van der Waals surface area contributed by atoms with Crippen molar-refractivity contribution in [3.8, 4) is 6.07 Å². The fourth-order valence-electron chi connectivity index (χ4n) is 2.48. The molecule has 1 atom stereocenters. The third-order valence-corrected chi connectivity index (χ3v) is 4.06. The quantitative estimate of drug-likeness (QED) is 0.514. The molecule has 0 N–H and O–H groups in total. The predicted octanol–water partition coefficient (Wildman–Crippen LogP) is 5.24. The van der Waals surface area contributed by atoms with Gasteiger partial charge in [-0.05, 0) is 18.2 Å². The average molecular weight is 400 g/mol. The first kappa shape index (κ1) is 20.2. The lowest BCUT2D eigenvalue weighted by Gasteiger charge is -2.32. The van der Waals surface area contributed by atoms with Gasteiger partial charge in [-0.3, -0.25) is 0 Å². The van der Waals surface area contributed by atoms with E-state index in [1.807, 2.05) is 0 Å². The number of halogens is 7. The summed E-state index contributed by atoms with van der Waals surface area (Å²) in [5, 5.41) is 8.76. The van der Waals surface area contributed by atoms with Gasteiger partial charge in [0, 0.05) is 19.0 Å². The molecule has 1 heterocycles. The zero-order valence-corrected chi connectivity index (χ0v) is 13.9. The van der Waals surface area contributed by atoms with Gasteiger partial charge in [0.25, 0.3) is 0 Å². The first-order chi connectivity index (χ1) is 11.9. The molecular formula is C15H11F7N2OS. The second-order valence-corrected chi connectivity index (χ2v) is 6.25. The standard InChI is InChI=1S/C15H11F7N2OS/c1-8-7-24(5-4-11(8)25-26-15(20,21)22)10-3-2-9(6-23)12(13(10)16)14(17,18)19/h2-4,8H,5,7H2,1H3. The highest BCUT2D eigenvalue weighted by Gasteiger charge is 2.39. The van der Waals surface area contributed by atoms with E-state index in [2.05, 4.69) is 4.18 Å². The Morgan fingerprint density at radius 1 is 1.23 bits per heavy atom. The van der Waals surface area contributed by atoms with Gasteiger partial charge in [0.2, 0.25) is 0 Å². The molecule has 0 aliphatic carbocycles. The van der Waals surface area contributed by atoms with E-state index in [1.54, 1.807) is 0 Å². The van der Waals surface area contributed by atoms with Crippen molar-refractivity contribution in [2.45, 2.75) is 18.6 Å². The molecule has 1 aliphatic heterocycles. The molecule has 0 radical (unpaired) electrons. The van der Waals surface area contributed by atoms with Crippen molar-refractivity contribution in [1.82, 2.24) is 0 Å². The molecule has 0 amide bonds. The van der Waals surface area contributed by atoms with Crippen molar-refractivity contribution >= 4 is 17.7 Å². The SMILES string of the molecule is CC1CN(c2ccc(C#N)c(C(F)(F)F)c2F)CC=C1OSC(F)(F)F. The van der Waals surface area contributed by atoms with E-state index >= 15 is 0 Å². The number of anilines is 1. The van der Waals surface area contributed by atoms with Gasteiger partial charge in [0.15, 0.2) is 17.9 Å². The highest BCUT2D eigenvalue weighted by molar-refractivity contribution is 7.95. The molecule has 2 rings (SSSR count). The fourth-order valence-corrected chi connectivity index (χ4v) is 2.91. The Hall–Kier alpha value is -2.09. The van der Waals surface area contributed by atoms with Crippen molar-refractivity contribution in [1.29, 1.82) is 5.26 Å². The number of hydrogen-bond acceptors (Lipinski definition) is 4. The van der Waals surface area contributed by atoms with Crippen molar-refractivity contribution < 1.29 is 34.9 Å². The first-order valence-electron chi connectivity index (χ1n) is 7.11. The second kappa shape index (κ2) is 7.26. The molecule has 0 aromatic heterocycles. The van der Waals surface area contributed by atoms with Gasteiger partial charge < -0.3 is 9.08 Å². The van der Waals surface area contributed by atoms with E-state index in [-0.39, 0.29) is 24.5 Å². The van der Waals surface area contributed by atoms with Crippen LogP contribution in [0.15, 0.2) is 24.0 Å². The minimum absolute atomic E-state index is 0.00803. The average Bonchev–Trinajstić information content (AvgIpc) is 2.51. The summed E-state index contributed by atoms with van der Waals surface area (Å²) >= 11 is -0.691. The predicted molar refractivity (Wildman–Crippen MR) is 80.3 cm³/mol. The van der Waals surface area contributed by atoms with Gasteiger partial charge in [-0.2, -0.15) is 31.6 Å². The van der Waals surface area contributed by atoms with Crippen LogP contribution in [-0.4, -0.2) is 18.6 Å². The molecule has 0 fully saturated rings. The maximum absolute atomic E-state index is 14.4. The summed E-state index contributed by atoms with van der Waals surface area (Å²) in [6.45, 7) is 1.31. The summed E-state index contributed by atoms with van der Waals surface area (Å²) in [5.41, 5.74) is -7.49. The summed E-state index contributed by atoms with van der Waals surface area (Å²) in [4.78, 5) is 1.24. The number of hydrogen-bond donors (Lipinski definition) is 0. The first-order valence-corrected chi connectivity index (χ1v) is 7.85. The lowest BCUT2D eigenvalue weighted by atomic mass is 10.0. The summed E-state index contributed by atoms with van der Waals surface area (Å²) in [6, 6.07) is 3.20. The molecule has 1 aromatic carbocycles. The van der Waals surface area contributed by atoms with Gasteiger partial charge in [-0.1, -0.05) is 6.92 Å². The monoisotopic (exact) mass is 400 g/mol. The van der Waals surface area contributed by atoms with Crippen LogP contribution in [0.4, 0.5) is 36.4 Å². The molecule has 3 nitrogen and oxygen atoms in total. The van der Waals surface area contributed by atoms with Crippen LogP contribution in [0, 0.1) is 23.1 Å². The highest BCUT2D eigenvalue weighted by atomic mass is 32.2. The Bertz CT molecular complexity index is 752. The van der Waals surface area contributed by atoms with Gasteiger partial charge in [-0.15, -0.1) is 0 Å². The minimum Gasteiger partial charge on any atom is -0.422 e. The van der Waals surface area contributed by atoms with Crippen LogP contribution in [0.2, 0.25) is 0 Å². The Labute approximate surface area is 148 Å². The number of alkyl halides is 6. The van der Waals surface area contributed by atoms with E-state index in [0.29, 0.717) is 0 Å². The summed E-state index contributed by atoms with van der Waals surface area (Å²) < 4.78 is 94.7. The molecule has 0 bridgehead atoms. The van der Waals surface area contributed by atoms with Crippen LogP contribution in [-0.2, 0) is 10.4 Å². The zero-order chi connectivity index (χ0) is 19.7. The Morgan fingerprint density at radius 3 is 2.38 bits per heavy atom. The smallest absolute Gasteiger partial charge is 0.422 e. The van der Waals surface area contributed by atoms with Crippen LogP contribution in [0.1, 0.15) is 18.1 Å².